The molecular formula is C8H15NO6. The summed E-state index contributed by atoms with van der Waals surface area (Å²) in [6.45, 7) is -0.361. The van der Waals surface area contributed by atoms with Crippen molar-refractivity contribution in [2.45, 2.75) is 18.9 Å². The molecule has 0 bridgehead atoms. The first-order valence-corrected chi connectivity index (χ1v) is 4.15. The van der Waals surface area contributed by atoms with E-state index in [1.807, 2.05) is 0 Å². The number of hydrogen-bond donors (Lipinski definition) is 4. The van der Waals surface area contributed by atoms with Crippen LogP contribution in [0.25, 0.3) is 0 Å². The second kappa shape index (κ2) is 10.6. The molecule has 7 nitrogen and oxygen atoms in total. The molecule has 0 aromatic heterocycles. The van der Waals surface area contributed by atoms with E-state index in [9.17, 15) is 9.59 Å². The molecule has 0 saturated carbocycles. The lowest BCUT2D eigenvalue weighted by Crippen LogP contribution is -2.34. The average Bonchev–Trinajstić information content (AvgIpc) is 2.18. The van der Waals surface area contributed by atoms with Gasteiger partial charge in [-0.3, -0.25) is 9.59 Å². The number of nitrogens with one attached hydrogen (secondary N) is 1. The molecule has 0 spiro atoms. The lowest BCUT2D eigenvalue weighted by molar-refractivity contribution is -0.140. The standard InChI is InChI=1S/C6H11NO4.C2H4O2/c1-7-4(6(10)11)2-3-5(8)9;3-1-2-4/h4,7H,2-3H2,1H3,(H,8,9)(H,10,11);1,4H,2H2. The largest absolute Gasteiger partial charge is 0.481 e. The number of likely N-dealkylation sites (N-methyl/N-ethyl adjacent to an activating group) is 1. The van der Waals surface area contributed by atoms with Crippen molar-refractivity contribution < 1.29 is 29.7 Å². The van der Waals surface area contributed by atoms with E-state index < -0.39 is 18.0 Å². The number of carboxylic acids is 2. The molecule has 0 rings (SSSR count). The normalized spacial score (nSPS) is 10.8. The third-order valence-corrected chi connectivity index (χ3v) is 1.37. The summed E-state index contributed by atoms with van der Waals surface area (Å²) >= 11 is 0. The third-order valence-electron chi connectivity index (χ3n) is 1.37. The Balaban J connectivity index is 0. The minimum atomic E-state index is -1.02. The zero-order valence-corrected chi connectivity index (χ0v) is 8.34. The van der Waals surface area contributed by atoms with Crippen LogP contribution in [0, 0.1) is 0 Å². The second-order valence-electron chi connectivity index (χ2n) is 2.46. The lowest BCUT2D eigenvalue weighted by atomic mass is 10.1. The number of aldehydes is 1. The Bertz CT molecular complexity index is 205. The average molecular weight is 221 g/mol. The molecule has 1 unspecified atom stereocenters. The molecule has 4 N–H and O–H groups in total. The fourth-order valence-electron chi connectivity index (χ4n) is 0.659. The van der Waals surface area contributed by atoms with Crippen molar-refractivity contribution in [2.75, 3.05) is 13.7 Å². The van der Waals surface area contributed by atoms with Crippen LogP contribution in [0.3, 0.4) is 0 Å². The fourth-order valence-corrected chi connectivity index (χ4v) is 0.659. The summed E-state index contributed by atoms with van der Waals surface area (Å²) in [6.07, 6.45) is 0.416. The molecular weight excluding hydrogens is 206 g/mol. The zero-order chi connectivity index (χ0) is 12.3. The Morgan fingerprint density at radius 3 is 2.07 bits per heavy atom. The van der Waals surface area contributed by atoms with Crippen LogP contribution >= 0.6 is 0 Å². The van der Waals surface area contributed by atoms with Crippen molar-refractivity contribution in [1.29, 1.82) is 0 Å². The van der Waals surface area contributed by atoms with Gasteiger partial charge in [-0.2, -0.15) is 0 Å². The maximum atomic E-state index is 10.3. The number of aliphatic carboxylic acids is 2. The number of carbonyl (C=O) groups excluding carboxylic acids is 1. The molecule has 88 valence electrons. The Morgan fingerprint density at radius 2 is 1.87 bits per heavy atom. The summed E-state index contributed by atoms with van der Waals surface area (Å²) in [7, 11) is 1.49. The number of carboxylic acid groups (broad SMARTS) is 2. The van der Waals surface area contributed by atoms with Gasteiger partial charge in [0.2, 0.25) is 0 Å². The van der Waals surface area contributed by atoms with Crippen LogP contribution < -0.4 is 5.32 Å². The molecule has 1 atom stereocenters. The van der Waals surface area contributed by atoms with Gasteiger partial charge in [-0.25, -0.2) is 0 Å². The molecule has 0 saturated heterocycles. The van der Waals surface area contributed by atoms with Gasteiger partial charge in [-0.05, 0) is 13.5 Å². The van der Waals surface area contributed by atoms with Crippen LogP contribution in [0.5, 0.6) is 0 Å². The predicted octanol–water partition coefficient (Wildman–Crippen LogP) is -1.30. The molecule has 0 heterocycles. The molecule has 0 aliphatic carbocycles. The number of carbonyl (C=O) groups is 3. The summed E-state index contributed by atoms with van der Waals surface area (Å²) in [5.41, 5.74) is 0. The first-order valence-electron chi connectivity index (χ1n) is 4.15. The maximum Gasteiger partial charge on any atom is 0.320 e. The number of aliphatic hydroxyl groups is 1. The Labute approximate surface area is 86.7 Å². The first-order chi connectivity index (χ1) is 6.99. The Morgan fingerprint density at radius 1 is 1.40 bits per heavy atom. The van der Waals surface area contributed by atoms with Crippen LogP contribution in [0.1, 0.15) is 12.8 Å². The van der Waals surface area contributed by atoms with Crippen molar-refractivity contribution in [3.63, 3.8) is 0 Å². The van der Waals surface area contributed by atoms with Crippen molar-refractivity contribution in [3.05, 3.63) is 0 Å². The van der Waals surface area contributed by atoms with E-state index in [2.05, 4.69) is 5.32 Å². The first kappa shape index (κ1) is 16.0. The summed E-state index contributed by atoms with van der Waals surface area (Å²) in [6, 6.07) is -0.758. The molecule has 15 heavy (non-hydrogen) atoms. The van der Waals surface area contributed by atoms with Gasteiger partial charge >= 0.3 is 11.9 Å². The highest BCUT2D eigenvalue weighted by atomic mass is 16.4. The number of aliphatic hydroxyl groups excluding tert-OH is 1. The van der Waals surface area contributed by atoms with Gasteiger partial charge in [0.25, 0.3) is 0 Å². The van der Waals surface area contributed by atoms with Crippen LogP contribution in [0.2, 0.25) is 0 Å². The van der Waals surface area contributed by atoms with E-state index >= 15 is 0 Å². The van der Waals surface area contributed by atoms with Gasteiger partial charge in [0.1, 0.15) is 12.3 Å². The van der Waals surface area contributed by atoms with Gasteiger partial charge in [-0.15, -0.1) is 0 Å². The third kappa shape index (κ3) is 12.5. The summed E-state index contributed by atoms with van der Waals surface area (Å²) in [5.74, 6) is -2.00. The molecule has 0 aliphatic heterocycles. The molecule has 0 radical (unpaired) electrons. The lowest BCUT2D eigenvalue weighted by Gasteiger charge is -2.07. The number of rotatable bonds is 6. The van der Waals surface area contributed by atoms with Gasteiger partial charge < -0.3 is 25.4 Å². The van der Waals surface area contributed by atoms with E-state index in [1.54, 1.807) is 0 Å². The minimum Gasteiger partial charge on any atom is -0.481 e. The van der Waals surface area contributed by atoms with Crippen LogP contribution in [0.15, 0.2) is 0 Å². The summed E-state index contributed by atoms with van der Waals surface area (Å²) < 4.78 is 0. The molecule has 0 aromatic carbocycles. The van der Waals surface area contributed by atoms with Gasteiger partial charge in [-0.1, -0.05) is 0 Å². The summed E-state index contributed by atoms with van der Waals surface area (Å²) in [5, 5.41) is 26.7. The van der Waals surface area contributed by atoms with Gasteiger partial charge in [0, 0.05) is 6.42 Å². The zero-order valence-electron chi connectivity index (χ0n) is 8.34. The maximum absolute atomic E-state index is 10.3. The fraction of sp³-hybridized carbons (Fsp3) is 0.625. The summed E-state index contributed by atoms with van der Waals surface area (Å²) in [4.78, 5) is 29.2. The minimum absolute atomic E-state index is 0.112. The molecule has 7 heteroatoms. The quantitative estimate of drug-likeness (QED) is 0.411. The van der Waals surface area contributed by atoms with E-state index in [0.717, 1.165) is 0 Å². The van der Waals surface area contributed by atoms with Crippen molar-refractivity contribution in [1.82, 2.24) is 5.32 Å². The van der Waals surface area contributed by atoms with Crippen LogP contribution in [-0.2, 0) is 14.4 Å². The topological polar surface area (TPSA) is 124 Å². The monoisotopic (exact) mass is 221 g/mol. The van der Waals surface area contributed by atoms with Crippen molar-refractivity contribution >= 4 is 18.2 Å². The SMILES string of the molecule is CNC(CCC(=O)O)C(=O)O.O=CCO. The van der Waals surface area contributed by atoms with E-state index in [-0.39, 0.29) is 19.4 Å². The highest BCUT2D eigenvalue weighted by Crippen LogP contribution is 1.96. The predicted molar refractivity (Wildman–Crippen MR) is 50.5 cm³/mol. The van der Waals surface area contributed by atoms with Crippen LogP contribution in [0.4, 0.5) is 0 Å². The molecule has 0 fully saturated rings. The molecule has 0 aliphatic rings. The Hall–Kier alpha value is -1.47. The highest BCUT2D eigenvalue weighted by molar-refractivity contribution is 5.74. The van der Waals surface area contributed by atoms with Gasteiger partial charge in [0.05, 0.1) is 6.61 Å². The van der Waals surface area contributed by atoms with Crippen LogP contribution in [-0.4, -0.2) is 53.2 Å². The molecule has 0 amide bonds. The highest BCUT2D eigenvalue weighted by Gasteiger charge is 2.15. The number of hydrogen-bond acceptors (Lipinski definition) is 5. The van der Waals surface area contributed by atoms with E-state index in [1.165, 1.54) is 7.05 Å². The Kier molecular flexibility index (Phi) is 11.3. The van der Waals surface area contributed by atoms with E-state index in [0.29, 0.717) is 6.29 Å². The van der Waals surface area contributed by atoms with Crippen molar-refractivity contribution in [2.24, 2.45) is 0 Å². The van der Waals surface area contributed by atoms with Gasteiger partial charge in [0.15, 0.2) is 0 Å². The van der Waals surface area contributed by atoms with E-state index in [4.69, 9.17) is 20.1 Å². The smallest absolute Gasteiger partial charge is 0.320 e. The second-order valence-corrected chi connectivity index (χ2v) is 2.46. The van der Waals surface area contributed by atoms with Crippen molar-refractivity contribution in [3.8, 4) is 0 Å². The molecule has 0 aromatic rings.